The fourth-order valence-electron chi connectivity index (χ4n) is 1.17. The molecule has 0 aromatic carbocycles. The lowest BCUT2D eigenvalue weighted by Gasteiger charge is -2.01. The maximum Gasteiger partial charge on any atom is 0.138 e. The lowest BCUT2D eigenvalue weighted by Crippen LogP contribution is -2.04. The number of hydrogen-bond acceptors (Lipinski definition) is 2. The topological polar surface area (TPSA) is 17.1 Å². The number of ketones is 1. The normalized spacial score (nSPS) is 10.8. The van der Waals surface area contributed by atoms with E-state index in [9.17, 15) is 4.79 Å². The van der Waals surface area contributed by atoms with Gasteiger partial charge in [-0.15, -0.1) is 11.3 Å². The molecule has 1 aromatic heterocycles. The molecule has 0 saturated carbocycles. The number of thiophene rings is 1. The standard InChI is InChI=1S/C10H13ClOS/c1-7(2)5-8(12)6-9-3-4-10(11)13-9/h3-4,7H,5-6H2,1-2H3. The Morgan fingerprint density at radius 1 is 1.54 bits per heavy atom. The lowest BCUT2D eigenvalue weighted by atomic mass is 10.0. The molecule has 0 aliphatic carbocycles. The van der Waals surface area contributed by atoms with E-state index < -0.39 is 0 Å². The van der Waals surface area contributed by atoms with Gasteiger partial charge in [0.2, 0.25) is 0 Å². The highest BCUT2D eigenvalue weighted by Crippen LogP contribution is 2.22. The van der Waals surface area contributed by atoms with Crippen LogP contribution in [0.5, 0.6) is 0 Å². The average molecular weight is 217 g/mol. The molecule has 0 N–H and O–H groups in total. The number of hydrogen-bond donors (Lipinski definition) is 0. The second kappa shape index (κ2) is 4.77. The van der Waals surface area contributed by atoms with Gasteiger partial charge in [-0.25, -0.2) is 0 Å². The van der Waals surface area contributed by atoms with E-state index in [0.717, 1.165) is 9.21 Å². The smallest absolute Gasteiger partial charge is 0.138 e. The van der Waals surface area contributed by atoms with Gasteiger partial charge in [0.1, 0.15) is 5.78 Å². The number of carbonyl (C=O) groups is 1. The van der Waals surface area contributed by atoms with Crippen molar-refractivity contribution >= 4 is 28.7 Å². The van der Waals surface area contributed by atoms with Gasteiger partial charge in [0, 0.05) is 17.7 Å². The van der Waals surface area contributed by atoms with Crippen LogP contribution in [0.2, 0.25) is 4.34 Å². The lowest BCUT2D eigenvalue weighted by molar-refractivity contribution is -0.119. The van der Waals surface area contributed by atoms with Crippen molar-refractivity contribution in [3.8, 4) is 0 Å². The van der Waals surface area contributed by atoms with Crippen LogP contribution in [0.3, 0.4) is 0 Å². The van der Waals surface area contributed by atoms with E-state index in [-0.39, 0.29) is 0 Å². The summed E-state index contributed by atoms with van der Waals surface area (Å²) in [6.45, 7) is 4.11. The number of rotatable bonds is 4. The summed E-state index contributed by atoms with van der Waals surface area (Å²) in [4.78, 5) is 12.5. The molecule has 1 rings (SSSR count). The van der Waals surface area contributed by atoms with E-state index in [2.05, 4.69) is 13.8 Å². The minimum Gasteiger partial charge on any atom is -0.299 e. The number of Topliss-reactive ketones (excluding diaryl/α,β-unsaturated/α-hetero) is 1. The molecule has 3 heteroatoms. The third-order valence-corrected chi connectivity index (χ3v) is 2.87. The van der Waals surface area contributed by atoms with E-state index in [1.807, 2.05) is 12.1 Å². The second-order valence-electron chi connectivity index (χ2n) is 3.52. The quantitative estimate of drug-likeness (QED) is 0.752. The molecule has 0 aliphatic heterocycles. The summed E-state index contributed by atoms with van der Waals surface area (Å²) in [7, 11) is 0. The van der Waals surface area contributed by atoms with Crippen LogP contribution in [0.4, 0.5) is 0 Å². The van der Waals surface area contributed by atoms with Crippen LogP contribution in [-0.2, 0) is 11.2 Å². The molecule has 0 bridgehead atoms. The van der Waals surface area contributed by atoms with Gasteiger partial charge < -0.3 is 0 Å². The van der Waals surface area contributed by atoms with E-state index in [0.29, 0.717) is 24.5 Å². The van der Waals surface area contributed by atoms with Crippen molar-refractivity contribution in [2.75, 3.05) is 0 Å². The van der Waals surface area contributed by atoms with Crippen LogP contribution in [-0.4, -0.2) is 5.78 Å². The molecule has 0 unspecified atom stereocenters. The molecular weight excluding hydrogens is 204 g/mol. The first-order valence-electron chi connectivity index (χ1n) is 4.34. The Morgan fingerprint density at radius 2 is 2.23 bits per heavy atom. The van der Waals surface area contributed by atoms with E-state index in [1.54, 1.807) is 0 Å². The van der Waals surface area contributed by atoms with Crippen molar-refractivity contribution in [1.29, 1.82) is 0 Å². The minimum absolute atomic E-state index is 0.300. The average Bonchev–Trinajstić information content (AvgIpc) is 2.33. The Kier molecular flexibility index (Phi) is 3.94. The zero-order valence-corrected chi connectivity index (χ0v) is 9.41. The summed E-state index contributed by atoms with van der Waals surface area (Å²) in [5.74, 6) is 0.747. The zero-order valence-electron chi connectivity index (χ0n) is 7.84. The van der Waals surface area contributed by atoms with E-state index >= 15 is 0 Å². The summed E-state index contributed by atoms with van der Waals surface area (Å²) < 4.78 is 0.757. The third-order valence-electron chi connectivity index (χ3n) is 1.64. The molecule has 0 fully saturated rings. The van der Waals surface area contributed by atoms with Crippen LogP contribution in [0.25, 0.3) is 0 Å². The van der Waals surface area contributed by atoms with Crippen molar-refractivity contribution in [1.82, 2.24) is 0 Å². The predicted molar refractivity (Wildman–Crippen MR) is 57.5 cm³/mol. The summed E-state index contributed by atoms with van der Waals surface area (Å²) >= 11 is 7.24. The highest BCUT2D eigenvalue weighted by Gasteiger charge is 2.07. The Bertz CT molecular complexity index is 291. The first-order valence-corrected chi connectivity index (χ1v) is 5.53. The molecule has 0 aliphatic rings. The molecule has 1 aromatic rings. The van der Waals surface area contributed by atoms with Gasteiger partial charge in [-0.1, -0.05) is 25.4 Å². The van der Waals surface area contributed by atoms with Crippen molar-refractivity contribution in [2.45, 2.75) is 26.7 Å². The van der Waals surface area contributed by atoms with Crippen molar-refractivity contribution in [3.05, 3.63) is 21.3 Å². The van der Waals surface area contributed by atoms with E-state index in [1.165, 1.54) is 11.3 Å². The maximum atomic E-state index is 11.4. The molecule has 13 heavy (non-hydrogen) atoms. The fourth-order valence-corrected chi connectivity index (χ4v) is 2.28. The first-order chi connectivity index (χ1) is 6.08. The highest BCUT2D eigenvalue weighted by molar-refractivity contribution is 7.16. The minimum atomic E-state index is 0.300. The number of halogens is 1. The Morgan fingerprint density at radius 3 is 2.69 bits per heavy atom. The molecule has 0 atom stereocenters. The summed E-state index contributed by atoms with van der Waals surface area (Å²) in [6, 6.07) is 3.76. The van der Waals surface area contributed by atoms with Gasteiger partial charge in [0.15, 0.2) is 0 Å². The van der Waals surface area contributed by atoms with Gasteiger partial charge in [-0.2, -0.15) is 0 Å². The van der Waals surface area contributed by atoms with Crippen molar-refractivity contribution in [3.63, 3.8) is 0 Å². The summed E-state index contributed by atoms with van der Waals surface area (Å²) in [5, 5.41) is 0. The molecule has 1 nitrogen and oxygen atoms in total. The molecule has 0 radical (unpaired) electrons. The van der Waals surface area contributed by atoms with Crippen LogP contribution in [0, 0.1) is 5.92 Å². The van der Waals surface area contributed by atoms with Crippen LogP contribution >= 0.6 is 22.9 Å². The Hall–Kier alpha value is -0.340. The summed E-state index contributed by atoms with van der Waals surface area (Å²) in [6.07, 6.45) is 1.20. The van der Waals surface area contributed by atoms with Gasteiger partial charge in [-0.05, 0) is 18.1 Å². The molecule has 0 amide bonds. The van der Waals surface area contributed by atoms with Crippen molar-refractivity contribution < 1.29 is 4.79 Å². The molecule has 0 spiro atoms. The van der Waals surface area contributed by atoms with Crippen LogP contribution < -0.4 is 0 Å². The molecule has 72 valence electrons. The third kappa shape index (κ3) is 3.92. The van der Waals surface area contributed by atoms with Crippen LogP contribution in [0.15, 0.2) is 12.1 Å². The maximum absolute atomic E-state index is 11.4. The van der Waals surface area contributed by atoms with Crippen molar-refractivity contribution in [2.24, 2.45) is 5.92 Å². The van der Waals surface area contributed by atoms with Gasteiger partial charge in [0.25, 0.3) is 0 Å². The van der Waals surface area contributed by atoms with Gasteiger partial charge in [-0.3, -0.25) is 4.79 Å². The first kappa shape index (κ1) is 10.7. The molecule has 1 heterocycles. The van der Waals surface area contributed by atoms with Crippen LogP contribution in [0.1, 0.15) is 25.1 Å². The zero-order chi connectivity index (χ0) is 9.84. The fraction of sp³-hybridized carbons (Fsp3) is 0.500. The monoisotopic (exact) mass is 216 g/mol. The summed E-state index contributed by atoms with van der Waals surface area (Å²) in [5.41, 5.74) is 0. The van der Waals surface area contributed by atoms with Gasteiger partial charge in [0.05, 0.1) is 4.34 Å². The molecular formula is C10H13ClOS. The SMILES string of the molecule is CC(C)CC(=O)Cc1ccc(Cl)s1. The Labute approximate surface area is 87.7 Å². The largest absolute Gasteiger partial charge is 0.299 e. The van der Waals surface area contributed by atoms with E-state index in [4.69, 9.17) is 11.6 Å². The number of carbonyl (C=O) groups excluding carboxylic acids is 1. The predicted octanol–water partition coefficient (Wildman–Crippen LogP) is 3.56. The molecule has 0 saturated heterocycles. The highest BCUT2D eigenvalue weighted by atomic mass is 35.5. The second-order valence-corrected chi connectivity index (χ2v) is 5.32. The van der Waals surface area contributed by atoms with Gasteiger partial charge >= 0.3 is 0 Å². The Balaban J connectivity index is 2.45.